The van der Waals surface area contributed by atoms with Gasteiger partial charge in [0.05, 0.1) is 16.4 Å². The Morgan fingerprint density at radius 3 is 2.46 bits per heavy atom. The molecule has 3 nitrogen and oxygen atoms in total. The van der Waals surface area contributed by atoms with Gasteiger partial charge in [0, 0.05) is 5.69 Å². The zero-order valence-corrected chi connectivity index (χ0v) is 13.4. The van der Waals surface area contributed by atoms with Gasteiger partial charge in [0.2, 0.25) is 0 Å². The van der Waals surface area contributed by atoms with Crippen LogP contribution in [0, 0.1) is 18.3 Å². The summed E-state index contributed by atoms with van der Waals surface area (Å²) < 4.78 is 39.5. The molecule has 1 heterocycles. The molecule has 1 N–H and O–H groups in total. The number of pyridine rings is 1. The second kappa shape index (κ2) is 6.97. The van der Waals surface area contributed by atoms with Gasteiger partial charge in [-0.3, -0.25) is 0 Å². The topological polar surface area (TPSA) is 56.9 Å². The molecule has 0 amide bonds. The monoisotopic (exact) mass is 350 g/mol. The summed E-state index contributed by atoms with van der Waals surface area (Å²) in [5, 5.41) is 18.2. The average molecular weight is 350 g/mol. The van der Waals surface area contributed by atoms with E-state index in [9.17, 15) is 23.5 Å². The summed E-state index contributed by atoms with van der Waals surface area (Å²) in [4.78, 5) is 4.05. The van der Waals surface area contributed by atoms with Crippen molar-refractivity contribution in [1.29, 1.82) is 5.26 Å². The first-order valence-corrected chi connectivity index (χ1v) is 7.70. The number of aromatic nitrogens is 1. The highest BCUT2D eigenvalue weighted by atomic mass is 32.2. The zero-order valence-electron chi connectivity index (χ0n) is 12.6. The van der Waals surface area contributed by atoms with E-state index >= 15 is 0 Å². The Labute approximate surface area is 141 Å². The SMILES string of the molecule is C=C(O)C(Sc1nc(C)cc(C(F)(F)F)c1C#N)c1ccccc1. The molecule has 1 aromatic carbocycles. The summed E-state index contributed by atoms with van der Waals surface area (Å²) in [7, 11) is 0. The van der Waals surface area contributed by atoms with Gasteiger partial charge in [-0.05, 0) is 18.6 Å². The van der Waals surface area contributed by atoms with Crippen LogP contribution >= 0.6 is 11.8 Å². The Morgan fingerprint density at radius 1 is 1.33 bits per heavy atom. The van der Waals surface area contributed by atoms with Crippen LogP contribution in [0.5, 0.6) is 0 Å². The van der Waals surface area contributed by atoms with E-state index < -0.39 is 22.6 Å². The van der Waals surface area contributed by atoms with Gasteiger partial charge in [-0.2, -0.15) is 18.4 Å². The number of hydrogen-bond acceptors (Lipinski definition) is 4. The first-order chi connectivity index (χ1) is 11.2. The fraction of sp³-hybridized carbons (Fsp3) is 0.176. The number of nitrogens with zero attached hydrogens (tertiary/aromatic N) is 2. The highest BCUT2D eigenvalue weighted by Gasteiger charge is 2.36. The third-order valence-corrected chi connectivity index (χ3v) is 4.46. The van der Waals surface area contributed by atoms with Crippen molar-refractivity contribution in [2.24, 2.45) is 0 Å². The Morgan fingerprint density at radius 2 is 1.96 bits per heavy atom. The lowest BCUT2D eigenvalue weighted by Crippen LogP contribution is -2.11. The molecule has 0 saturated carbocycles. The van der Waals surface area contributed by atoms with Crippen LogP contribution in [0.25, 0.3) is 0 Å². The van der Waals surface area contributed by atoms with E-state index in [2.05, 4.69) is 11.6 Å². The summed E-state index contributed by atoms with van der Waals surface area (Å²) in [5.41, 5.74) is -0.800. The van der Waals surface area contributed by atoms with Crippen molar-refractivity contribution in [3.8, 4) is 6.07 Å². The maximum atomic E-state index is 13.2. The molecule has 2 aromatic rings. The fourth-order valence-electron chi connectivity index (χ4n) is 2.13. The number of thioether (sulfide) groups is 1. The Hall–Kier alpha value is -2.46. The highest BCUT2D eigenvalue weighted by molar-refractivity contribution is 7.99. The quantitative estimate of drug-likeness (QED) is 0.609. The highest BCUT2D eigenvalue weighted by Crippen LogP contribution is 2.42. The first kappa shape index (κ1) is 17.9. The Balaban J connectivity index is 2.54. The van der Waals surface area contributed by atoms with E-state index in [1.807, 2.05) is 0 Å². The molecular weight excluding hydrogens is 337 g/mol. The maximum absolute atomic E-state index is 13.2. The van der Waals surface area contributed by atoms with Crippen LogP contribution in [0.1, 0.15) is 27.6 Å². The summed E-state index contributed by atoms with van der Waals surface area (Å²) >= 11 is 0.862. The summed E-state index contributed by atoms with van der Waals surface area (Å²) in [6.45, 7) is 4.90. The number of aliphatic hydroxyl groups excluding tert-OH is 1. The summed E-state index contributed by atoms with van der Waals surface area (Å²) in [6, 6.07) is 11.1. The van der Waals surface area contributed by atoms with Gasteiger partial charge >= 0.3 is 6.18 Å². The molecule has 0 saturated heterocycles. The van der Waals surface area contributed by atoms with E-state index in [1.54, 1.807) is 36.4 Å². The normalized spacial score (nSPS) is 12.5. The largest absolute Gasteiger partial charge is 0.511 e. The van der Waals surface area contributed by atoms with Crippen LogP contribution < -0.4 is 0 Å². The average Bonchev–Trinajstić information content (AvgIpc) is 2.51. The molecule has 1 atom stereocenters. The van der Waals surface area contributed by atoms with Gasteiger partial charge in [0.1, 0.15) is 16.9 Å². The molecule has 0 aliphatic rings. The Bertz CT molecular complexity index is 798. The number of nitriles is 1. The molecule has 0 aliphatic heterocycles. The number of halogens is 3. The molecule has 24 heavy (non-hydrogen) atoms. The number of aryl methyl sites for hydroxylation is 1. The minimum Gasteiger partial charge on any atom is -0.511 e. The van der Waals surface area contributed by atoms with E-state index in [0.717, 1.165) is 17.8 Å². The Kier molecular flexibility index (Phi) is 5.20. The lowest BCUT2D eigenvalue weighted by atomic mass is 10.1. The molecule has 0 aliphatic carbocycles. The van der Waals surface area contributed by atoms with Crippen molar-refractivity contribution in [2.75, 3.05) is 0 Å². The third kappa shape index (κ3) is 3.89. The minimum atomic E-state index is -4.66. The second-order valence-corrected chi connectivity index (χ2v) is 6.09. The lowest BCUT2D eigenvalue weighted by Gasteiger charge is -2.18. The van der Waals surface area contributed by atoms with Gasteiger partial charge in [0.25, 0.3) is 0 Å². The molecule has 0 spiro atoms. The van der Waals surface area contributed by atoms with Gasteiger partial charge < -0.3 is 5.11 Å². The van der Waals surface area contributed by atoms with Crippen LogP contribution in [0.4, 0.5) is 13.2 Å². The smallest absolute Gasteiger partial charge is 0.417 e. The van der Waals surface area contributed by atoms with Gasteiger partial charge in [-0.25, -0.2) is 4.98 Å². The number of benzene rings is 1. The van der Waals surface area contributed by atoms with Crippen molar-refractivity contribution in [3.05, 3.63) is 71.1 Å². The molecule has 7 heteroatoms. The van der Waals surface area contributed by atoms with Crippen molar-refractivity contribution in [2.45, 2.75) is 23.4 Å². The zero-order chi connectivity index (χ0) is 17.9. The molecule has 2 rings (SSSR count). The molecule has 1 aromatic heterocycles. The third-order valence-electron chi connectivity index (χ3n) is 3.17. The molecule has 0 radical (unpaired) electrons. The van der Waals surface area contributed by atoms with E-state index in [1.165, 1.54) is 6.92 Å². The van der Waals surface area contributed by atoms with Crippen LogP contribution in [-0.2, 0) is 6.18 Å². The predicted molar refractivity (Wildman–Crippen MR) is 85.5 cm³/mol. The molecule has 0 fully saturated rings. The standard InChI is InChI=1S/C17H13F3N2OS/c1-10-8-14(17(18,19)20)13(9-21)16(22-10)24-15(11(2)23)12-6-4-3-5-7-12/h3-8,15,23H,2H2,1H3. The number of rotatable bonds is 4. The number of aliphatic hydroxyl groups is 1. The lowest BCUT2D eigenvalue weighted by molar-refractivity contribution is -0.138. The van der Waals surface area contributed by atoms with Crippen molar-refractivity contribution in [3.63, 3.8) is 0 Å². The molecule has 0 bridgehead atoms. The number of alkyl halides is 3. The fourth-order valence-corrected chi connectivity index (χ4v) is 3.25. The van der Waals surface area contributed by atoms with Gasteiger partial charge in [-0.15, -0.1) is 0 Å². The van der Waals surface area contributed by atoms with Crippen molar-refractivity contribution in [1.82, 2.24) is 4.98 Å². The van der Waals surface area contributed by atoms with Crippen LogP contribution in [-0.4, -0.2) is 10.1 Å². The van der Waals surface area contributed by atoms with Crippen LogP contribution in [0.15, 0.2) is 53.8 Å². The minimum absolute atomic E-state index is 0.0890. The summed E-state index contributed by atoms with van der Waals surface area (Å²) in [5.74, 6) is -0.230. The predicted octanol–water partition coefficient (Wildman–Crippen LogP) is 5.19. The van der Waals surface area contributed by atoms with Crippen LogP contribution in [0.2, 0.25) is 0 Å². The van der Waals surface area contributed by atoms with Crippen molar-refractivity contribution >= 4 is 11.8 Å². The number of hydrogen-bond donors (Lipinski definition) is 1. The molecule has 1 unspecified atom stereocenters. The van der Waals surface area contributed by atoms with Crippen LogP contribution in [0.3, 0.4) is 0 Å². The van der Waals surface area contributed by atoms with Gasteiger partial charge in [0.15, 0.2) is 0 Å². The maximum Gasteiger partial charge on any atom is 0.417 e. The van der Waals surface area contributed by atoms with E-state index in [4.69, 9.17) is 0 Å². The van der Waals surface area contributed by atoms with Crippen molar-refractivity contribution < 1.29 is 18.3 Å². The van der Waals surface area contributed by atoms with E-state index in [-0.39, 0.29) is 16.5 Å². The first-order valence-electron chi connectivity index (χ1n) is 6.82. The van der Waals surface area contributed by atoms with Gasteiger partial charge in [-0.1, -0.05) is 48.7 Å². The second-order valence-electron chi connectivity index (χ2n) is 5.00. The van der Waals surface area contributed by atoms with E-state index in [0.29, 0.717) is 5.56 Å². The summed E-state index contributed by atoms with van der Waals surface area (Å²) in [6.07, 6.45) is -4.66. The molecule has 124 valence electrons. The molecular formula is C17H13F3N2OS.